The number of nitrogens with zero attached hydrogens (tertiary/aromatic N) is 1. The number of aromatic nitrogens is 1. The minimum Gasteiger partial charge on any atom is -0.397 e. The highest BCUT2D eigenvalue weighted by molar-refractivity contribution is 5.51. The molecule has 0 bridgehead atoms. The van der Waals surface area contributed by atoms with Gasteiger partial charge in [0.15, 0.2) is 0 Å². The molecule has 0 aliphatic heterocycles. The van der Waals surface area contributed by atoms with E-state index in [0.717, 1.165) is 17.9 Å². The topological polar surface area (TPSA) is 50.9 Å². The summed E-state index contributed by atoms with van der Waals surface area (Å²) in [4.78, 5) is 4.30. The van der Waals surface area contributed by atoms with Gasteiger partial charge in [-0.3, -0.25) is 0 Å². The van der Waals surface area contributed by atoms with Crippen molar-refractivity contribution in [1.82, 2.24) is 4.98 Å². The monoisotopic (exact) mass is 241 g/mol. The zero-order valence-electron chi connectivity index (χ0n) is 11.1. The van der Waals surface area contributed by atoms with E-state index in [1.54, 1.807) is 6.20 Å². The molecule has 3 N–H and O–H groups in total. The van der Waals surface area contributed by atoms with Gasteiger partial charge in [0, 0.05) is 6.54 Å². The summed E-state index contributed by atoms with van der Waals surface area (Å²) in [5, 5.41) is 3.35. The van der Waals surface area contributed by atoms with Crippen molar-refractivity contribution in [2.24, 2.45) is 0 Å². The van der Waals surface area contributed by atoms with Crippen molar-refractivity contribution in [3.8, 4) is 0 Å². The first-order chi connectivity index (χ1) is 8.56. The van der Waals surface area contributed by atoms with E-state index < -0.39 is 0 Å². The first-order valence-electron chi connectivity index (χ1n) is 6.08. The van der Waals surface area contributed by atoms with Gasteiger partial charge in [-0.15, -0.1) is 0 Å². The van der Waals surface area contributed by atoms with Crippen LogP contribution in [0, 0.1) is 20.8 Å². The molecule has 0 saturated carbocycles. The lowest BCUT2D eigenvalue weighted by molar-refractivity contribution is 1.08. The summed E-state index contributed by atoms with van der Waals surface area (Å²) in [5.74, 6) is 0.893. The number of nitrogens with two attached hydrogens (primary N) is 1. The van der Waals surface area contributed by atoms with E-state index >= 15 is 0 Å². The first kappa shape index (κ1) is 12.4. The Morgan fingerprint density at radius 3 is 2.56 bits per heavy atom. The second kappa shape index (κ2) is 5.08. The minimum atomic E-state index is 0.699. The van der Waals surface area contributed by atoms with Crippen molar-refractivity contribution < 1.29 is 0 Å². The molecule has 2 aromatic rings. The summed E-state index contributed by atoms with van der Waals surface area (Å²) in [6, 6.07) is 8.41. The lowest BCUT2D eigenvalue weighted by atomic mass is 10.1. The molecule has 0 aliphatic carbocycles. The number of nitrogen functional groups attached to an aromatic ring is 1. The quantitative estimate of drug-likeness (QED) is 0.867. The van der Waals surface area contributed by atoms with Crippen LogP contribution in [0.15, 0.2) is 30.5 Å². The molecule has 0 unspecified atom stereocenters. The van der Waals surface area contributed by atoms with Gasteiger partial charge in [0.1, 0.15) is 5.82 Å². The van der Waals surface area contributed by atoms with E-state index in [0.29, 0.717) is 5.69 Å². The lowest BCUT2D eigenvalue weighted by Gasteiger charge is -2.11. The van der Waals surface area contributed by atoms with Crippen molar-refractivity contribution in [3.05, 3.63) is 52.7 Å². The fraction of sp³-hybridized carbons (Fsp3) is 0.267. The second-order valence-corrected chi connectivity index (χ2v) is 4.72. The number of benzene rings is 1. The summed E-state index contributed by atoms with van der Waals surface area (Å²) >= 11 is 0. The highest BCUT2D eigenvalue weighted by atomic mass is 15.0. The largest absolute Gasteiger partial charge is 0.397 e. The highest BCUT2D eigenvalue weighted by Gasteiger charge is 2.02. The van der Waals surface area contributed by atoms with Crippen LogP contribution in [-0.4, -0.2) is 4.98 Å². The first-order valence-corrected chi connectivity index (χ1v) is 6.08. The fourth-order valence-electron chi connectivity index (χ4n) is 2.00. The summed E-state index contributed by atoms with van der Waals surface area (Å²) < 4.78 is 0. The van der Waals surface area contributed by atoms with Gasteiger partial charge in [0.2, 0.25) is 0 Å². The zero-order chi connectivity index (χ0) is 13.1. The molecule has 0 fully saturated rings. The standard InChI is InChI=1S/C15H19N3/c1-10-4-5-13(11(2)6-10)8-17-15-12(3)7-14(16)9-18-15/h4-7,9H,8,16H2,1-3H3,(H,17,18). The van der Waals surface area contributed by atoms with Crippen LogP contribution in [0.1, 0.15) is 22.3 Å². The summed E-state index contributed by atoms with van der Waals surface area (Å²) in [5.41, 5.74) is 11.3. The van der Waals surface area contributed by atoms with Gasteiger partial charge in [-0.1, -0.05) is 23.8 Å². The highest BCUT2D eigenvalue weighted by Crippen LogP contribution is 2.16. The number of pyridine rings is 1. The summed E-state index contributed by atoms with van der Waals surface area (Å²) in [6.07, 6.45) is 1.68. The summed E-state index contributed by atoms with van der Waals surface area (Å²) in [7, 11) is 0. The van der Waals surface area contributed by atoms with Crippen LogP contribution in [0.5, 0.6) is 0 Å². The van der Waals surface area contributed by atoms with Crippen LogP contribution >= 0.6 is 0 Å². The van der Waals surface area contributed by atoms with Crippen LogP contribution in [0.25, 0.3) is 0 Å². The Hall–Kier alpha value is -2.03. The normalized spacial score (nSPS) is 10.4. The van der Waals surface area contributed by atoms with Crippen LogP contribution in [0.3, 0.4) is 0 Å². The molecule has 18 heavy (non-hydrogen) atoms. The molecule has 0 radical (unpaired) electrons. The number of aryl methyl sites for hydroxylation is 3. The zero-order valence-corrected chi connectivity index (χ0v) is 11.1. The third-order valence-corrected chi connectivity index (χ3v) is 3.04. The van der Waals surface area contributed by atoms with Crippen LogP contribution in [-0.2, 0) is 6.54 Å². The van der Waals surface area contributed by atoms with Gasteiger partial charge in [-0.2, -0.15) is 0 Å². The number of nitrogens with one attached hydrogen (secondary N) is 1. The van der Waals surface area contributed by atoms with Crippen LogP contribution in [0.4, 0.5) is 11.5 Å². The summed E-state index contributed by atoms with van der Waals surface area (Å²) in [6.45, 7) is 7.03. The van der Waals surface area contributed by atoms with Crippen LogP contribution in [0.2, 0.25) is 0 Å². The molecule has 3 heteroatoms. The van der Waals surface area contributed by atoms with Crippen molar-refractivity contribution in [3.63, 3.8) is 0 Å². The predicted octanol–water partition coefficient (Wildman–Crippen LogP) is 3.20. The fourth-order valence-corrected chi connectivity index (χ4v) is 2.00. The van der Waals surface area contributed by atoms with E-state index in [1.165, 1.54) is 16.7 Å². The second-order valence-electron chi connectivity index (χ2n) is 4.72. The van der Waals surface area contributed by atoms with Crippen molar-refractivity contribution >= 4 is 11.5 Å². The Balaban J connectivity index is 2.11. The van der Waals surface area contributed by atoms with Gasteiger partial charge in [-0.25, -0.2) is 4.98 Å². The number of hydrogen-bond acceptors (Lipinski definition) is 3. The number of rotatable bonds is 3. The third kappa shape index (κ3) is 2.80. The van der Waals surface area contributed by atoms with Gasteiger partial charge < -0.3 is 11.1 Å². The molecular formula is C15H19N3. The predicted molar refractivity (Wildman–Crippen MR) is 76.6 cm³/mol. The van der Waals surface area contributed by atoms with Gasteiger partial charge in [0.05, 0.1) is 11.9 Å². The van der Waals surface area contributed by atoms with Crippen LogP contribution < -0.4 is 11.1 Å². The van der Waals surface area contributed by atoms with E-state index in [-0.39, 0.29) is 0 Å². The van der Waals surface area contributed by atoms with E-state index in [4.69, 9.17) is 5.73 Å². The van der Waals surface area contributed by atoms with Crippen molar-refractivity contribution in [1.29, 1.82) is 0 Å². The Bertz CT molecular complexity index is 510. The maximum atomic E-state index is 5.69. The molecule has 0 aliphatic rings. The van der Waals surface area contributed by atoms with E-state index in [2.05, 4.69) is 42.3 Å². The van der Waals surface area contributed by atoms with Gasteiger partial charge in [-0.05, 0) is 43.5 Å². The smallest absolute Gasteiger partial charge is 0.129 e. The van der Waals surface area contributed by atoms with E-state index in [1.807, 2.05) is 13.0 Å². The van der Waals surface area contributed by atoms with Crippen molar-refractivity contribution in [2.75, 3.05) is 11.1 Å². The molecule has 94 valence electrons. The molecule has 0 saturated heterocycles. The molecular weight excluding hydrogens is 222 g/mol. The molecule has 0 atom stereocenters. The van der Waals surface area contributed by atoms with Crippen molar-refractivity contribution in [2.45, 2.75) is 27.3 Å². The average molecular weight is 241 g/mol. The molecule has 1 heterocycles. The molecule has 2 rings (SSSR count). The third-order valence-electron chi connectivity index (χ3n) is 3.04. The lowest BCUT2D eigenvalue weighted by Crippen LogP contribution is -2.05. The molecule has 3 nitrogen and oxygen atoms in total. The molecule has 1 aromatic heterocycles. The number of anilines is 2. The van der Waals surface area contributed by atoms with E-state index in [9.17, 15) is 0 Å². The van der Waals surface area contributed by atoms with Gasteiger partial charge >= 0.3 is 0 Å². The molecule has 0 spiro atoms. The SMILES string of the molecule is Cc1ccc(CNc2ncc(N)cc2C)c(C)c1. The maximum absolute atomic E-state index is 5.69. The Morgan fingerprint density at radius 1 is 1.11 bits per heavy atom. The Morgan fingerprint density at radius 2 is 1.89 bits per heavy atom. The average Bonchev–Trinajstić information content (AvgIpc) is 2.30. The Labute approximate surface area is 108 Å². The number of hydrogen-bond donors (Lipinski definition) is 2. The minimum absolute atomic E-state index is 0.699. The molecule has 0 amide bonds. The maximum Gasteiger partial charge on any atom is 0.129 e. The Kier molecular flexibility index (Phi) is 3.51. The van der Waals surface area contributed by atoms with Gasteiger partial charge in [0.25, 0.3) is 0 Å². The molecule has 1 aromatic carbocycles.